The first-order valence-corrected chi connectivity index (χ1v) is 8.52. The largest absolute Gasteiger partial charge is 0.323 e. The van der Waals surface area contributed by atoms with Crippen molar-refractivity contribution in [2.45, 2.75) is 31.2 Å². The lowest BCUT2D eigenvalue weighted by Gasteiger charge is -2.13. The van der Waals surface area contributed by atoms with Gasteiger partial charge >= 0.3 is 0 Å². The number of hydrogen-bond donors (Lipinski definition) is 0. The van der Waals surface area contributed by atoms with Gasteiger partial charge in [0.15, 0.2) is 0 Å². The van der Waals surface area contributed by atoms with Crippen molar-refractivity contribution < 1.29 is 4.39 Å². The molecule has 3 aliphatic rings. The zero-order chi connectivity index (χ0) is 14.3. The highest BCUT2D eigenvalue weighted by Crippen LogP contribution is 2.72. The average Bonchev–Trinajstić information content (AvgIpc) is 2.82. The molecule has 4 atom stereocenters. The number of rotatable bonds is 2. The van der Waals surface area contributed by atoms with Crippen molar-refractivity contribution in [1.82, 2.24) is 9.55 Å². The summed E-state index contributed by atoms with van der Waals surface area (Å²) in [4.78, 5) is 4.57. The smallest absolute Gasteiger partial charge is 0.144 e. The van der Waals surface area contributed by atoms with Crippen LogP contribution in [0.4, 0.5) is 4.39 Å². The molecule has 0 amide bonds. The molecular formula is C16H15Cl2FN2. The molecule has 0 aliphatic heterocycles. The van der Waals surface area contributed by atoms with Crippen molar-refractivity contribution in [3.05, 3.63) is 28.8 Å². The first kappa shape index (κ1) is 12.7. The van der Waals surface area contributed by atoms with E-state index in [9.17, 15) is 4.39 Å². The summed E-state index contributed by atoms with van der Waals surface area (Å²) in [6, 6.07) is 3.62. The Bertz CT molecular complexity index is 740. The second kappa shape index (κ2) is 4.14. The van der Waals surface area contributed by atoms with E-state index in [1.807, 2.05) is 0 Å². The van der Waals surface area contributed by atoms with E-state index >= 15 is 0 Å². The molecule has 1 aromatic carbocycles. The Morgan fingerprint density at radius 1 is 1.24 bits per heavy atom. The van der Waals surface area contributed by atoms with Crippen molar-refractivity contribution in [2.24, 2.45) is 23.7 Å². The summed E-state index contributed by atoms with van der Waals surface area (Å²) in [5.74, 6) is 4.10. The van der Waals surface area contributed by atoms with E-state index in [0.29, 0.717) is 11.9 Å². The van der Waals surface area contributed by atoms with Gasteiger partial charge in [-0.3, -0.25) is 0 Å². The van der Waals surface area contributed by atoms with Crippen LogP contribution in [0.1, 0.15) is 31.1 Å². The maximum atomic E-state index is 13.9. The predicted octanol–water partition coefficient (Wildman–Crippen LogP) is 4.78. The molecule has 2 aromatic rings. The van der Waals surface area contributed by atoms with Gasteiger partial charge in [-0.25, -0.2) is 9.37 Å². The second-order valence-electron chi connectivity index (χ2n) is 6.77. The van der Waals surface area contributed by atoms with Gasteiger partial charge in [0, 0.05) is 12.1 Å². The molecule has 3 saturated carbocycles. The van der Waals surface area contributed by atoms with Gasteiger partial charge in [0.2, 0.25) is 0 Å². The maximum absolute atomic E-state index is 13.9. The van der Waals surface area contributed by atoms with Crippen LogP contribution < -0.4 is 0 Å². The number of imidazole rings is 1. The molecule has 0 spiro atoms. The lowest BCUT2D eigenvalue weighted by molar-refractivity contribution is 0.454. The Kier molecular flexibility index (Phi) is 2.51. The van der Waals surface area contributed by atoms with Crippen LogP contribution in [0.3, 0.4) is 0 Å². The van der Waals surface area contributed by atoms with E-state index in [4.69, 9.17) is 23.2 Å². The number of aromatic nitrogens is 2. The fraction of sp³-hybridized carbons (Fsp3) is 0.562. The molecule has 0 saturated heterocycles. The molecule has 2 nitrogen and oxygen atoms in total. The highest BCUT2D eigenvalue weighted by atomic mass is 35.5. The molecule has 1 heterocycles. The van der Waals surface area contributed by atoms with E-state index in [0.717, 1.165) is 40.5 Å². The van der Waals surface area contributed by atoms with Gasteiger partial charge in [0.1, 0.15) is 11.6 Å². The Morgan fingerprint density at radius 2 is 1.95 bits per heavy atom. The third kappa shape index (κ3) is 1.57. The van der Waals surface area contributed by atoms with Crippen LogP contribution in [-0.2, 0) is 5.88 Å². The molecule has 5 rings (SSSR count). The van der Waals surface area contributed by atoms with Crippen molar-refractivity contribution >= 4 is 34.2 Å². The first-order valence-electron chi connectivity index (χ1n) is 7.61. The van der Waals surface area contributed by atoms with Crippen LogP contribution in [0.5, 0.6) is 0 Å². The molecule has 3 fully saturated rings. The van der Waals surface area contributed by atoms with Crippen LogP contribution in [0.15, 0.2) is 12.1 Å². The minimum absolute atomic E-state index is 0.129. The van der Waals surface area contributed by atoms with Crippen LogP contribution >= 0.6 is 23.2 Å². The first-order chi connectivity index (χ1) is 10.2. The maximum Gasteiger partial charge on any atom is 0.144 e. The lowest BCUT2D eigenvalue weighted by atomic mass is 10.0. The summed E-state index contributed by atoms with van der Waals surface area (Å²) in [5, 5.41) is 0.129. The Hall–Kier alpha value is -0.800. The molecule has 0 N–H and O–H groups in total. The van der Waals surface area contributed by atoms with Crippen LogP contribution in [0, 0.1) is 29.5 Å². The third-order valence-electron chi connectivity index (χ3n) is 5.92. The quantitative estimate of drug-likeness (QED) is 0.726. The summed E-state index contributed by atoms with van der Waals surface area (Å²) < 4.78 is 16.1. The number of halogens is 3. The minimum atomic E-state index is -0.375. The fourth-order valence-corrected chi connectivity index (χ4v) is 5.54. The molecule has 21 heavy (non-hydrogen) atoms. The van der Waals surface area contributed by atoms with Gasteiger partial charge in [0.05, 0.1) is 21.9 Å². The van der Waals surface area contributed by atoms with Gasteiger partial charge in [-0.2, -0.15) is 0 Å². The van der Waals surface area contributed by atoms with Gasteiger partial charge in [-0.1, -0.05) is 11.6 Å². The highest BCUT2D eigenvalue weighted by Gasteiger charge is 2.66. The molecule has 0 radical (unpaired) electrons. The van der Waals surface area contributed by atoms with Crippen LogP contribution in [-0.4, -0.2) is 9.55 Å². The lowest BCUT2D eigenvalue weighted by Crippen LogP contribution is -2.08. The Balaban J connectivity index is 1.67. The number of alkyl halides is 1. The van der Waals surface area contributed by atoms with Gasteiger partial charge in [-0.15, -0.1) is 11.6 Å². The molecule has 1 aromatic heterocycles. The van der Waals surface area contributed by atoms with Crippen molar-refractivity contribution in [3.63, 3.8) is 0 Å². The predicted molar refractivity (Wildman–Crippen MR) is 81.1 cm³/mol. The summed E-state index contributed by atoms with van der Waals surface area (Å²) in [6.07, 6.45) is 4.13. The molecule has 5 heteroatoms. The Morgan fingerprint density at radius 3 is 2.62 bits per heavy atom. The number of hydrogen-bond acceptors (Lipinski definition) is 1. The standard InChI is InChI=1S/C16H15Cl2FN2/c17-6-13-20-11-4-9(18)10(19)5-12(11)21(13)16-14-7-1-2-8(3-7)15(14)16/h4-5,7-8,14-16H,1-3,6H2. The van der Waals surface area contributed by atoms with E-state index in [1.165, 1.54) is 25.3 Å². The fourth-order valence-electron chi connectivity index (χ4n) is 5.19. The third-order valence-corrected chi connectivity index (χ3v) is 6.45. The second-order valence-corrected chi connectivity index (χ2v) is 7.44. The molecule has 3 aliphatic carbocycles. The average molecular weight is 325 g/mol. The van der Waals surface area contributed by atoms with Crippen LogP contribution in [0.25, 0.3) is 11.0 Å². The molecule has 110 valence electrons. The van der Waals surface area contributed by atoms with Gasteiger partial charge in [-0.05, 0) is 49.0 Å². The number of benzene rings is 1. The van der Waals surface area contributed by atoms with Crippen molar-refractivity contribution in [2.75, 3.05) is 0 Å². The minimum Gasteiger partial charge on any atom is -0.323 e. The van der Waals surface area contributed by atoms with Crippen LogP contribution in [0.2, 0.25) is 5.02 Å². The SMILES string of the molecule is Fc1cc2c(cc1Cl)nc(CCl)n2C1C2C3CCC(C3)C21. The normalized spacial score (nSPS) is 36.4. The van der Waals surface area contributed by atoms with Crippen molar-refractivity contribution in [1.29, 1.82) is 0 Å². The number of nitrogens with zero attached hydrogens (tertiary/aromatic N) is 2. The monoisotopic (exact) mass is 324 g/mol. The van der Waals surface area contributed by atoms with E-state index in [2.05, 4.69) is 9.55 Å². The topological polar surface area (TPSA) is 17.8 Å². The summed E-state index contributed by atoms with van der Waals surface area (Å²) in [5.41, 5.74) is 1.61. The van der Waals surface area contributed by atoms with Gasteiger partial charge < -0.3 is 4.57 Å². The van der Waals surface area contributed by atoms with Gasteiger partial charge in [0.25, 0.3) is 0 Å². The Labute approximate surface area is 132 Å². The summed E-state index contributed by atoms with van der Waals surface area (Å²) >= 11 is 12.0. The zero-order valence-electron chi connectivity index (χ0n) is 11.4. The van der Waals surface area contributed by atoms with E-state index in [1.54, 1.807) is 6.07 Å². The van der Waals surface area contributed by atoms with E-state index in [-0.39, 0.29) is 10.8 Å². The molecule has 4 unspecified atom stereocenters. The highest BCUT2D eigenvalue weighted by molar-refractivity contribution is 6.31. The summed E-state index contributed by atoms with van der Waals surface area (Å²) in [7, 11) is 0. The molecular weight excluding hydrogens is 310 g/mol. The zero-order valence-corrected chi connectivity index (χ0v) is 12.9. The summed E-state index contributed by atoms with van der Waals surface area (Å²) in [6.45, 7) is 0. The molecule has 2 bridgehead atoms. The number of fused-ring (bicyclic) bond motifs is 6. The van der Waals surface area contributed by atoms with Crippen molar-refractivity contribution in [3.8, 4) is 0 Å². The van der Waals surface area contributed by atoms with E-state index < -0.39 is 0 Å².